The van der Waals surface area contributed by atoms with Crippen molar-refractivity contribution in [1.29, 1.82) is 0 Å². The molecule has 136 valence electrons. The Hall–Kier alpha value is -1.14. The van der Waals surface area contributed by atoms with Crippen LogP contribution in [0.1, 0.15) is 57.6 Å². The molecule has 0 radical (unpaired) electrons. The van der Waals surface area contributed by atoms with Crippen LogP contribution in [0.3, 0.4) is 0 Å². The van der Waals surface area contributed by atoms with Gasteiger partial charge in [-0.05, 0) is 76.1 Å². The Bertz CT molecular complexity index is 603. The molecule has 2 aliphatic rings. The fourth-order valence-corrected chi connectivity index (χ4v) is 3.45. The third-order valence-electron chi connectivity index (χ3n) is 5.89. The standard InChI is InChI=1S/C20H31BN2O2/c1-19(2)20(3,4)25-21(24-19)18(14-22)13-15-5-7-16(8-6-15)17-9-11-23-12-10-17/h5-8,13,17,23H,9-12,14,22H2,1-4H3. The van der Waals surface area contributed by atoms with Gasteiger partial charge in [0.25, 0.3) is 0 Å². The van der Waals surface area contributed by atoms with Crippen molar-refractivity contribution < 1.29 is 9.31 Å². The van der Waals surface area contributed by atoms with Gasteiger partial charge in [-0.25, -0.2) is 0 Å². The average molecular weight is 342 g/mol. The summed E-state index contributed by atoms with van der Waals surface area (Å²) in [6, 6.07) is 8.86. The Balaban J connectivity index is 1.74. The molecule has 1 aromatic carbocycles. The van der Waals surface area contributed by atoms with E-state index in [2.05, 4.69) is 63.4 Å². The second-order valence-electron chi connectivity index (χ2n) is 8.20. The molecule has 25 heavy (non-hydrogen) atoms. The van der Waals surface area contributed by atoms with Crippen molar-refractivity contribution in [1.82, 2.24) is 5.32 Å². The minimum Gasteiger partial charge on any atom is -0.400 e. The fraction of sp³-hybridized carbons (Fsp3) is 0.600. The summed E-state index contributed by atoms with van der Waals surface area (Å²) in [7, 11) is -0.376. The maximum Gasteiger partial charge on any atom is 0.491 e. The summed E-state index contributed by atoms with van der Waals surface area (Å²) in [5.74, 6) is 0.677. The van der Waals surface area contributed by atoms with Gasteiger partial charge < -0.3 is 20.4 Å². The van der Waals surface area contributed by atoms with Crippen molar-refractivity contribution in [2.45, 2.75) is 57.7 Å². The van der Waals surface area contributed by atoms with Crippen molar-refractivity contribution in [3.63, 3.8) is 0 Å². The van der Waals surface area contributed by atoms with Crippen molar-refractivity contribution in [2.75, 3.05) is 19.6 Å². The highest BCUT2D eigenvalue weighted by molar-refractivity contribution is 6.55. The number of hydrogen-bond acceptors (Lipinski definition) is 4. The number of benzene rings is 1. The summed E-state index contributed by atoms with van der Waals surface area (Å²) >= 11 is 0. The molecular weight excluding hydrogens is 311 g/mol. The van der Waals surface area contributed by atoms with Crippen LogP contribution in [-0.2, 0) is 9.31 Å². The topological polar surface area (TPSA) is 56.5 Å². The number of piperidine rings is 1. The molecule has 0 saturated carbocycles. The molecule has 0 unspecified atom stereocenters. The zero-order valence-corrected chi connectivity index (χ0v) is 16.0. The molecular formula is C20H31BN2O2. The zero-order valence-electron chi connectivity index (χ0n) is 16.0. The summed E-state index contributed by atoms with van der Waals surface area (Å²) in [5, 5.41) is 3.42. The first-order chi connectivity index (χ1) is 11.8. The first kappa shape index (κ1) is 18.6. The van der Waals surface area contributed by atoms with Gasteiger partial charge in [0.05, 0.1) is 11.2 Å². The van der Waals surface area contributed by atoms with Crippen LogP contribution in [0.2, 0.25) is 0 Å². The predicted molar refractivity (Wildman–Crippen MR) is 104 cm³/mol. The van der Waals surface area contributed by atoms with E-state index >= 15 is 0 Å². The van der Waals surface area contributed by atoms with Gasteiger partial charge in [0.2, 0.25) is 0 Å². The van der Waals surface area contributed by atoms with E-state index in [4.69, 9.17) is 15.0 Å². The van der Waals surface area contributed by atoms with E-state index in [1.54, 1.807) is 0 Å². The number of nitrogens with two attached hydrogens (primary N) is 1. The molecule has 4 nitrogen and oxygen atoms in total. The van der Waals surface area contributed by atoms with Crippen molar-refractivity contribution in [2.24, 2.45) is 5.73 Å². The molecule has 0 aromatic heterocycles. The minimum atomic E-state index is -0.376. The van der Waals surface area contributed by atoms with Gasteiger partial charge in [-0.15, -0.1) is 0 Å². The van der Waals surface area contributed by atoms with Gasteiger partial charge in [-0.3, -0.25) is 0 Å². The highest BCUT2D eigenvalue weighted by Crippen LogP contribution is 2.38. The largest absolute Gasteiger partial charge is 0.491 e. The predicted octanol–water partition coefficient (Wildman–Crippen LogP) is 3.13. The summed E-state index contributed by atoms with van der Waals surface area (Å²) in [4.78, 5) is 0. The number of nitrogens with one attached hydrogen (secondary N) is 1. The van der Waals surface area contributed by atoms with Crippen LogP contribution in [0, 0.1) is 0 Å². The zero-order chi connectivity index (χ0) is 18.1. The van der Waals surface area contributed by atoms with Crippen molar-refractivity contribution >= 4 is 13.2 Å². The Morgan fingerprint density at radius 1 is 1.12 bits per heavy atom. The second-order valence-corrected chi connectivity index (χ2v) is 8.20. The number of rotatable bonds is 4. The lowest BCUT2D eigenvalue weighted by molar-refractivity contribution is 0.00578. The first-order valence-corrected chi connectivity index (χ1v) is 9.39. The summed E-state index contributed by atoms with van der Waals surface area (Å²) in [6.07, 6.45) is 4.54. The molecule has 3 rings (SSSR count). The van der Waals surface area contributed by atoms with Gasteiger partial charge in [0, 0.05) is 6.54 Å². The van der Waals surface area contributed by atoms with E-state index in [-0.39, 0.29) is 18.3 Å². The maximum atomic E-state index is 6.13. The van der Waals surface area contributed by atoms with Crippen LogP contribution < -0.4 is 11.1 Å². The van der Waals surface area contributed by atoms with Crippen LogP contribution in [0.25, 0.3) is 6.08 Å². The molecule has 3 N–H and O–H groups in total. The molecule has 1 aromatic rings. The SMILES string of the molecule is CC1(C)OB(C(=Cc2ccc(C3CCNCC3)cc2)CN)OC1(C)C. The molecule has 0 atom stereocenters. The van der Waals surface area contributed by atoms with Crippen LogP contribution in [-0.4, -0.2) is 38.0 Å². The van der Waals surface area contributed by atoms with Gasteiger partial charge in [0.1, 0.15) is 0 Å². The monoisotopic (exact) mass is 342 g/mol. The molecule has 5 heteroatoms. The van der Waals surface area contributed by atoms with E-state index in [1.807, 2.05) is 0 Å². The lowest BCUT2D eigenvalue weighted by Gasteiger charge is -2.32. The third-order valence-corrected chi connectivity index (χ3v) is 5.89. The Morgan fingerprint density at radius 3 is 2.20 bits per heavy atom. The van der Waals surface area contributed by atoms with E-state index < -0.39 is 0 Å². The highest BCUT2D eigenvalue weighted by atomic mass is 16.7. The molecule has 0 amide bonds. The summed E-state index contributed by atoms with van der Waals surface area (Å²) in [5.41, 5.74) is 8.86. The van der Waals surface area contributed by atoms with Gasteiger partial charge in [0.15, 0.2) is 0 Å². The minimum absolute atomic E-state index is 0.342. The fourth-order valence-electron chi connectivity index (χ4n) is 3.45. The molecule has 2 fully saturated rings. The van der Waals surface area contributed by atoms with Gasteiger partial charge in [-0.1, -0.05) is 30.3 Å². The Morgan fingerprint density at radius 2 is 1.68 bits per heavy atom. The average Bonchev–Trinajstić information content (AvgIpc) is 2.81. The molecule has 2 saturated heterocycles. The molecule has 0 aliphatic carbocycles. The molecule has 0 bridgehead atoms. The maximum absolute atomic E-state index is 6.13. The van der Waals surface area contributed by atoms with Crippen molar-refractivity contribution in [3.8, 4) is 0 Å². The number of hydrogen-bond donors (Lipinski definition) is 2. The van der Waals surface area contributed by atoms with E-state index in [0.717, 1.165) is 24.1 Å². The van der Waals surface area contributed by atoms with Crippen LogP contribution >= 0.6 is 0 Å². The Kier molecular flexibility index (Phi) is 5.40. The normalized spacial score (nSPS) is 23.9. The smallest absolute Gasteiger partial charge is 0.400 e. The molecule has 2 aliphatic heterocycles. The summed E-state index contributed by atoms with van der Waals surface area (Å²) < 4.78 is 12.3. The van der Waals surface area contributed by atoms with Gasteiger partial charge >= 0.3 is 7.12 Å². The lowest BCUT2D eigenvalue weighted by Crippen LogP contribution is -2.41. The van der Waals surface area contributed by atoms with E-state index in [1.165, 1.54) is 18.4 Å². The van der Waals surface area contributed by atoms with E-state index in [9.17, 15) is 0 Å². The van der Waals surface area contributed by atoms with Crippen LogP contribution in [0.4, 0.5) is 0 Å². The van der Waals surface area contributed by atoms with Crippen molar-refractivity contribution in [3.05, 3.63) is 40.9 Å². The van der Waals surface area contributed by atoms with Crippen LogP contribution in [0.15, 0.2) is 29.7 Å². The van der Waals surface area contributed by atoms with Crippen LogP contribution in [0.5, 0.6) is 0 Å². The second kappa shape index (κ2) is 7.24. The highest BCUT2D eigenvalue weighted by Gasteiger charge is 2.52. The third kappa shape index (κ3) is 4.00. The quantitative estimate of drug-likeness (QED) is 0.826. The van der Waals surface area contributed by atoms with Gasteiger partial charge in [-0.2, -0.15) is 0 Å². The summed E-state index contributed by atoms with van der Waals surface area (Å²) in [6.45, 7) is 10.9. The lowest BCUT2D eigenvalue weighted by atomic mass is 9.77. The van der Waals surface area contributed by atoms with E-state index in [0.29, 0.717) is 12.5 Å². The first-order valence-electron chi connectivity index (χ1n) is 9.39. The Labute approximate surface area is 152 Å². The molecule has 2 heterocycles. The molecule has 0 spiro atoms.